The molecule has 278 valence electrons. The zero-order valence-electron chi connectivity index (χ0n) is 30.3. The number of hydrogen-bond donors (Lipinski definition) is 6. The van der Waals surface area contributed by atoms with Crippen LogP contribution in [0.25, 0.3) is 10.9 Å². The van der Waals surface area contributed by atoms with Crippen LogP contribution in [0.15, 0.2) is 77.6 Å². The number of aromatic amines is 1. The van der Waals surface area contributed by atoms with Gasteiger partial charge in [-0.15, -0.1) is 0 Å². The molecule has 1 aromatic heterocycles. The fourth-order valence-corrected chi connectivity index (χ4v) is 8.43. The number of ether oxygens (including phenoxy) is 1. The van der Waals surface area contributed by atoms with Crippen molar-refractivity contribution in [3.05, 3.63) is 105 Å². The Bertz CT molecular complexity index is 1840. The van der Waals surface area contributed by atoms with Gasteiger partial charge in [-0.3, -0.25) is 4.79 Å². The van der Waals surface area contributed by atoms with Gasteiger partial charge in [-0.05, 0) is 99.1 Å². The first kappa shape index (κ1) is 37.4. The highest BCUT2D eigenvalue weighted by atomic mass is 16.5. The van der Waals surface area contributed by atoms with E-state index in [4.69, 9.17) is 4.74 Å². The molecule has 4 aromatic rings. The summed E-state index contributed by atoms with van der Waals surface area (Å²) in [5.41, 5.74) is 2.90. The van der Waals surface area contributed by atoms with Crippen LogP contribution in [0.5, 0.6) is 11.5 Å². The molecule has 10 nitrogen and oxygen atoms in total. The summed E-state index contributed by atoms with van der Waals surface area (Å²) < 4.78 is 6.27. The van der Waals surface area contributed by atoms with Crippen LogP contribution < -0.4 is 20.9 Å². The minimum atomic E-state index is -1.02. The molecule has 1 amide bonds. The number of rotatable bonds is 18. The van der Waals surface area contributed by atoms with Crippen molar-refractivity contribution < 1.29 is 24.9 Å². The standard InChI is InChI=1S/C42H54N4O6/c1-29-12-14-31(15-13-29)42(45-41(50)51,36-28-46-23-20-30(36)21-24-46)32-10-9-11-33(26-32)52-25-8-6-4-2-3-5-7-22-43-27-38(48)34-16-18-37(47)40-35(34)17-19-39(49)44-40/h9-19,26,30,36,38,43,45,47-48H,2-8,20-25,27-28H2,1H3,(H,44,49)(H,50,51). The van der Waals surface area contributed by atoms with Gasteiger partial charge in [-0.2, -0.15) is 0 Å². The quantitative estimate of drug-likeness (QED) is 0.0617. The largest absolute Gasteiger partial charge is 0.506 e. The van der Waals surface area contributed by atoms with E-state index >= 15 is 0 Å². The molecule has 0 aliphatic carbocycles. The number of carbonyl (C=O) groups is 1. The Morgan fingerprint density at radius 1 is 0.942 bits per heavy atom. The smallest absolute Gasteiger partial charge is 0.405 e. The molecule has 3 unspecified atom stereocenters. The number of aryl methyl sites for hydroxylation is 1. The molecule has 0 saturated carbocycles. The second kappa shape index (κ2) is 17.4. The van der Waals surface area contributed by atoms with E-state index in [9.17, 15) is 24.9 Å². The Kier molecular flexibility index (Phi) is 12.5. The lowest BCUT2D eigenvalue weighted by atomic mass is 9.63. The van der Waals surface area contributed by atoms with Crippen molar-refractivity contribution in [3.63, 3.8) is 0 Å². The third-order valence-electron chi connectivity index (χ3n) is 11.2. The van der Waals surface area contributed by atoms with Crippen LogP contribution in [-0.2, 0) is 5.54 Å². The molecule has 0 radical (unpaired) electrons. The number of aliphatic hydroxyl groups excluding tert-OH is 1. The molecule has 3 atom stereocenters. The Morgan fingerprint density at radius 3 is 2.38 bits per heavy atom. The number of H-pyrrole nitrogens is 1. The Hall–Kier alpha value is -4.38. The summed E-state index contributed by atoms with van der Waals surface area (Å²) in [6.07, 6.45) is 8.05. The average molecular weight is 711 g/mol. The first-order valence-electron chi connectivity index (χ1n) is 19.0. The number of piperidine rings is 3. The minimum absolute atomic E-state index is 0.0125. The van der Waals surface area contributed by atoms with Crippen molar-refractivity contribution in [1.82, 2.24) is 20.5 Å². The fourth-order valence-electron chi connectivity index (χ4n) is 8.43. The third kappa shape index (κ3) is 8.80. The predicted octanol–water partition coefficient (Wildman–Crippen LogP) is 6.83. The van der Waals surface area contributed by atoms with Crippen LogP contribution in [0.2, 0.25) is 0 Å². The van der Waals surface area contributed by atoms with Crippen LogP contribution >= 0.6 is 0 Å². The molecule has 52 heavy (non-hydrogen) atoms. The highest BCUT2D eigenvalue weighted by Crippen LogP contribution is 2.47. The lowest BCUT2D eigenvalue weighted by molar-refractivity contribution is 0.00716. The van der Waals surface area contributed by atoms with Gasteiger partial charge in [-0.1, -0.05) is 80.1 Å². The van der Waals surface area contributed by atoms with Crippen LogP contribution in [-0.4, -0.2) is 70.6 Å². The van der Waals surface area contributed by atoms with Gasteiger partial charge >= 0.3 is 6.09 Å². The number of amides is 1. The van der Waals surface area contributed by atoms with E-state index in [0.29, 0.717) is 35.5 Å². The lowest BCUT2D eigenvalue weighted by Crippen LogP contribution is -2.61. The molecule has 6 N–H and O–H groups in total. The number of carboxylic acid groups (broad SMARTS) is 1. The summed E-state index contributed by atoms with van der Waals surface area (Å²) in [5.74, 6) is 1.32. The number of aromatic hydroxyl groups is 1. The highest BCUT2D eigenvalue weighted by molar-refractivity contribution is 5.87. The maximum Gasteiger partial charge on any atom is 0.405 e. The predicted molar refractivity (Wildman–Crippen MR) is 204 cm³/mol. The maximum absolute atomic E-state index is 12.5. The van der Waals surface area contributed by atoms with E-state index in [-0.39, 0.29) is 17.2 Å². The number of pyridine rings is 1. The lowest BCUT2D eigenvalue weighted by Gasteiger charge is -2.53. The van der Waals surface area contributed by atoms with Gasteiger partial charge in [0.25, 0.3) is 0 Å². The molecule has 3 fully saturated rings. The number of unbranched alkanes of at least 4 members (excludes halogenated alkanes) is 6. The summed E-state index contributed by atoms with van der Waals surface area (Å²) in [7, 11) is 0. The van der Waals surface area contributed by atoms with Crippen molar-refractivity contribution in [2.75, 3.05) is 39.3 Å². The second-order valence-electron chi connectivity index (χ2n) is 14.7. The molecule has 2 bridgehead atoms. The van der Waals surface area contributed by atoms with E-state index in [1.165, 1.54) is 12.1 Å². The van der Waals surface area contributed by atoms with E-state index in [2.05, 4.69) is 63.8 Å². The third-order valence-corrected chi connectivity index (χ3v) is 11.2. The van der Waals surface area contributed by atoms with E-state index in [1.807, 2.05) is 12.1 Å². The molecule has 4 heterocycles. The van der Waals surface area contributed by atoms with Gasteiger partial charge in [0.05, 0.1) is 23.8 Å². The molecule has 3 saturated heterocycles. The van der Waals surface area contributed by atoms with Gasteiger partial charge < -0.3 is 40.6 Å². The normalized spacial score (nSPS) is 20.0. The zero-order chi connectivity index (χ0) is 36.5. The minimum Gasteiger partial charge on any atom is -0.506 e. The van der Waals surface area contributed by atoms with Crippen LogP contribution in [0.3, 0.4) is 0 Å². The molecule has 0 spiro atoms. The number of benzene rings is 3. The fraction of sp³-hybridized carbons (Fsp3) is 0.476. The Morgan fingerprint density at radius 2 is 1.67 bits per heavy atom. The summed E-state index contributed by atoms with van der Waals surface area (Å²) >= 11 is 0. The topological polar surface area (TPSA) is 147 Å². The first-order valence-corrected chi connectivity index (χ1v) is 19.0. The number of phenols is 1. The number of fused-ring (bicyclic) bond motifs is 4. The van der Waals surface area contributed by atoms with Crippen molar-refractivity contribution in [2.24, 2.45) is 11.8 Å². The van der Waals surface area contributed by atoms with Crippen molar-refractivity contribution >= 4 is 17.0 Å². The maximum atomic E-state index is 12.5. The van der Waals surface area contributed by atoms with E-state index in [1.54, 1.807) is 12.1 Å². The van der Waals surface area contributed by atoms with Crippen LogP contribution in [0, 0.1) is 18.8 Å². The van der Waals surface area contributed by atoms with Gasteiger partial charge in [0.2, 0.25) is 5.56 Å². The number of nitrogens with zero attached hydrogens (tertiary/aromatic N) is 1. The highest BCUT2D eigenvalue weighted by Gasteiger charge is 2.50. The number of aliphatic hydroxyl groups is 1. The molecule has 3 aliphatic rings. The molecule has 3 aliphatic heterocycles. The SMILES string of the molecule is Cc1ccc(C(NC(=O)O)(c2cccc(OCCCCCCCCCNCC(O)c3ccc(O)c4[nH]c(=O)ccc34)c2)C2CN3CCC2CC3)cc1. The monoisotopic (exact) mass is 710 g/mol. The zero-order valence-corrected chi connectivity index (χ0v) is 30.3. The summed E-state index contributed by atoms with van der Waals surface area (Å²) in [5, 5.41) is 38.1. The number of aromatic nitrogens is 1. The number of phenolic OH excluding ortho intramolecular Hbond substituents is 1. The van der Waals surface area contributed by atoms with E-state index < -0.39 is 17.7 Å². The van der Waals surface area contributed by atoms with Crippen molar-refractivity contribution in [3.8, 4) is 11.5 Å². The summed E-state index contributed by atoms with van der Waals surface area (Å²) in [4.78, 5) is 29.3. The number of hydrogen-bond acceptors (Lipinski definition) is 7. The Balaban J connectivity index is 0.935. The van der Waals surface area contributed by atoms with Gasteiger partial charge in [0, 0.05) is 30.5 Å². The van der Waals surface area contributed by atoms with Crippen LogP contribution in [0.4, 0.5) is 4.79 Å². The van der Waals surface area contributed by atoms with Crippen LogP contribution in [0.1, 0.15) is 86.1 Å². The van der Waals surface area contributed by atoms with Crippen molar-refractivity contribution in [1.29, 1.82) is 0 Å². The first-order chi connectivity index (χ1) is 25.2. The second-order valence-corrected chi connectivity index (χ2v) is 14.7. The molecule has 3 aromatic carbocycles. The van der Waals surface area contributed by atoms with Gasteiger partial charge in [0.15, 0.2) is 0 Å². The van der Waals surface area contributed by atoms with E-state index in [0.717, 1.165) is 106 Å². The molecule has 7 rings (SSSR count). The molecular formula is C42H54N4O6. The summed E-state index contributed by atoms with van der Waals surface area (Å²) in [6, 6.07) is 22.6. The number of nitrogens with one attached hydrogen (secondary N) is 3. The van der Waals surface area contributed by atoms with Crippen molar-refractivity contribution in [2.45, 2.75) is 76.4 Å². The average Bonchev–Trinajstić information content (AvgIpc) is 3.15. The summed E-state index contributed by atoms with van der Waals surface area (Å²) in [6.45, 7) is 6.90. The Labute approximate surface area is 306 Å². The van der Waals surface area contributed by atoms with Gasteiger partial charge in [0.1, 0.15) is 11.5 Å². The van der Waals surface area contributed by atoms with Gasteiger partial charge in [-0.25, -0.2) is 4.79 Å². The molecule has 10 heteroatoms. The molecular weight excluding hydrogens is 656 g/mol.